The van der Waals surface area contributed by atoms with Crippen LogP contribution in [0.15, 0.2) is 53.4 Å². The Labute approximate surface area is 158 Å². The molecule has 0 aromatic heterocycles. The van der Waals surface area contributed by atoms with E-state index in [1.807, 2.05) is 18.2 Å². The molecule has 0 atom stereocenters. The van der Waals surface area contributed by atoms with E-state index in [0.717, 1.165) is 5.56 Å². The molecule has 0 fully saturated rings. The third-order valence-electron chi connectivity index (χ3n) is 4.01. The van der Waals surface area contributed by atoms with Crippen molar-refractivity contribution in [1.82, 2.24) is 10.0 Å². The van der Waals surface area contributed by atoms with Crippen LogP contribution in [0.1, 0.15) is 35.3 Å². The highest BCUT2D eigenvalue weighted by Gasteiger charge is 2.30. The molecule has 3 N–H and O–H groups in total. The first-order chi connectivity index (χ1) is 12.5. The number of carboxylic acids is 1. The molecular formula is C19H22N2O5S. The van der Waals surface area contributed by atoms with Gasteiger partial charge in [0.15, 0.2) is 0 Å². The highest BCUT2D eigenvalue weighted by molar-refractivity contribution is 7.89. The standard InChI is InChI=1S/C19H22N2O5S/c1-13-9-10-15(17(22)21-19(2,3)18(23)24)11-16(13)27(25,26)20-12-14-7-5-4-6-8-14/h4-11,20H,12H2,1-3H3,(H,21,22)(H,23,24). The van der Waals surface area contributed by atoms with Crippen LogP contribution < -0.4 is 10.0 Å². The predicted octanol–water partition coefficient (Wildman–Crippen LogP) is 2.07. The molecule has 1 amide bonds. The summed E-state index contributed by atoms with van der Waals surface area (Å²) in [6.07, 6.45) is 0. The second kappa shape index (κ2) is 7.89. The van der Waals surface area contributed by atoms with Crippen LogP contribution in [0.25, 0.3) is 0 Å². The number of carbonyl (C=O) groups is 2. The van der Waals surface area contributed by atoms with Gasteiger partial charge in [-0.3, -0.25) is 4.79 Å². The number of sulfonamides is 1. The summed E-state index contributed by atoms with van der Waals surface area (Å²) in [5.74, 6) is -1.86. The topological polar surface area (TPSA) is 113 Å². The van der Waals surface area contributed by atoms with E-state index in [1.165, 1.54) is 32.0 Å². The summed E-state index contributed by atoms with van der Waals surface area (Å²) in [6.45, 7) is 4.44. The molecule has 0 aliphatic rings. The maximum Gasteiger partial charge on any atom is 0.328 e. The van der Waals surface area contributed by atoms with Crippen molar-refractivity contribution in [3.05, 3.63) is 65.2 Å². The Bertz CT molecular complexity index is 953. The summed E-state index contributed by atoms with van der Waals surface area (Å²) in [5.41, 5.74) is -0.137. The van der Waals surface area contributed by atoms with Crippen LogP contribution in [-0.4, -0.2) is 30.9 Å². The van der Waals surface area contributed by atoms with E-state index in [4.69, 9.17) is 5.11 Å². The minimum absolute atomic E-state index is 0.0285. The lowest BCUT2D eigenvalue weighted by Crippen LogP contribution is -2.49. The zero-order chi connectivity index (χ0) is 20.2. The van der Waals surface area contributed by atoms with Crippen LogP contribution in [-0.2, 0) is 21.4 Å². The molecule has 0 saturated carbocycles. The normalized spacial score (nSPS) is 11.8. The summed E-state index contributed by atoms with van der Waals surface area (Å²) >= 11 is 0. The summed E-state index contributed by atoms with van der Waals surface area (Å²) in [6, 6.07) is 13.3. The smallest absolute Gasteiger partial charge is 0.328 e. The van der Waals surface area contributed by atoms with Gasteiger partial charge in [-0.25, -0.2) is 17.9 Å². The van der Waals surface area contributed by atoms with Gasteiger partial charge in [-0.15, -0.1) is 0 Å². The maximum atomic E-state index is 12.7. The van der Waals surface area contributed by atoms with Crippen molar-refractivity contribution in [2.75, 3.05) is 0 Å². The zero-order valence-corrected chi connectivity index (χ0v) is 16.1. The lowest BCUT2D eigenvalue weighted by Gasteiger charge is -2.21. The van der Waals surface area contributed by atoms with Crippen molar-refractivity contribution in [3.8, 4) is 0 Å². The second-order valence-electron chi connectivity index (χ2n) is 6.67. The third kappa shape index (κ3) is 5.15. The quantitative estimate of drug-likeness (QED) is 0.670. The Morgan fingerprint density at radius 3 is 2.30 bits per heavy atom. The van der Waals surface area contributed by atoms with Crippen LogP contribution in [0, 0.1) is 6.92 Å². The third-order valence-corrected chi connectivity index (χ3v) is 5.55. The van der Waals surface area contributed by atoms with Crippen molar-refractivity contribution in [2.45, 2.75) is 37.8 Å². The average Bonchev–Trinajstić information content (AvgIpc) is 2.60. The van der Waals surface area contributed by atoms with Gasteiger partial charge in [-0.2, -0.15) is 0 Å². The number of hydrogen-bond acceptors (Lipinski definition) is 4. The highest BCUT2D eigenvalue weighted by Crippen LogP contribution is 2.18. The van der Waals surface area contributed by atoms with Gasteiger partial charge in [0, 0.05) is 12.1 Å². The Morgan fingerprint density at radius 1 is 1.07 bits per heavy atom. The number of amides is 1. The van der Waals surface area contributed by atoms with Gasteiger partial charge in [0.1, 0.15) is 5.54 Å². The number of nitrogens with one attached hydrogen (secondary N) is 2. The molecule has 0 unspecified atom stereocenters. The molecule has 0 bridgehead atoms. The first-order valence-corrected chi connectivity index (χ1v) is 9.71. The van der Waals surface area contributed by atoms with Gasteiger partial charge in [0.25, 0.3) is 5.91 Å². The van der Waals surface area contributed by atoms with Crippen molar-refractivity contribution in [2.24, 2.45) is 0 Å². The van der Waals surface area contributed by atoms with E-state index in [1.54, 1.807) is 19.1 Å². The second-order valence-corrected chi connectivity index (χ2v) is 8.41. The minimum Gasteiger partial charge on any atom is -0.480 e. The maximum absolute atomic E-state index is 12.7. The Balaban J connectivity index is 2.25. The number of carboxylic acid groups (broad SMARTS) is 1. The van der Waals surface area contributed by atoms with Crippen molar-refractivity contribution in [3.63, 3.8) is 0 Å². The van der Waals surface area contributed by atoms with Gasteiger partial charge in [0.2, 0.25) is 10.0 Å². The minimum atomic E-state index is -3.85. The van der Waals surface area contributed by atoms with Gasteiger partial charge in [-0.05, 0) is 44.0 Å². The van der Waals surface area contributed by atoms with E-state index in [-0.39, 0.29) is 17.0 Å². The van der Waals surface area contributed by atoms with Crippen molar-refractivity contribution >= 4 is 21.9 Å². The van der Waals surface area contributed by atoms with Gasteiger partial charge in [0.05, 0.1) is 4.90 Å². The Morgan fingerprint density at radius 2 is 1.70 bits per heavy atom. The van der Waals surface area contributed by atoms with Gasteiger partial charge >= 0.3 is 5.97 Å². The summed E-state index contributed by atoms with van der Waals surface area (Å²) in [4.78, 5) is 23.5. The molecule has 0 radical (unpaired) electrons. The summed E-state index contributed by atoms with van der Waals surface area (Å²) in [5, 5.41) is 11.5. The summed E-state index contributed by atoms with van der Waals surface area (Å²) < 4.78 is 27.8. The molecule has 27 heavy (non-hydrogen) atoms. The Kier molecular flexibility index (Phi) is 6.02. The monoisotopic (exact) mass is 390 g/mol. The molecule has 2 aromatic carbocycles. The van der Waals surface area contributed by atoms with E-state index < -0.39 is 27.4 Å². The molecule has 8 heteroatoms. The molecule has 0 aliphatic carbocycles. The van der Waals surface area contributed by atoms with Crippen LogP contribution in [0.5, 0.6) is 0 Å². The molecule has 7 nitrogen and oxygen atoms in total. The van der Waals surface area contributed by atoms with Crippen LogP contribution in [0.4, 0.5) is 0 Å². The van der Waals surface area contributed by atoms with E-state index in [2.05, 4.69) is 10.0 Å². The fourth-order valence-corrected chi connectivity index (χ4v) is 3.58. The van der Waals surface area contributed by atoms with Gasteiger partial charge in [-0.1, -0.05) is 36.4 Å². The Hall–Kier alpha value is -2.71. The zero-order valence-electron chi connectivity index (χ0n) is 15.3. The largest absolute Gasteiger partial charge is 0.480 e. The first kappa shape index (κ1) is 20.6. The molecule has 0 spiro atoms. The lowest BCUT2D eigenvalue weighted by molar-refractivity contribution is -0.143. The number of aryl methyl sites for hydroxylation is 1. The van der Waals surface area contributed by atoms with Crippen molar-refractivity contribution in [1.29, 1.82) is 0 Å². The molecule has 0 saturated heterocycles. The first-order valence-electron chi connectivity index (χ1n) is 8.23. The number of rotatable bonds is 7. The van der Waals surface area contributed by atoms with E-state index in [9.17, 15) is 18.0 Å². The lowest BCUT2D eigenvalue weighted by atomic mass is 10.0. The van der Waals surface area contributed by atoms with E-state index >= 15 is 0 Å². The summed E-state index contributed by atoms with van der Waals surface area (Å²) in [7, 11) is -3.85. The van der Waals surface area contributed by atoms with Crippen LogP contribution >= 0.6 is 0 Å². The van der Waals surface area contributed by atoms with Gasteiger partial charge < -0.3 is 10.4 Å². The number of carbonyl (C=O) groups excluding carboxylic acids is 1. The fraction of sp³-hybridized carbons (Fsp3) is 0.263. The van der Waals surface area contributed by atoms with Crippen molar-refractivity contribution < 1.29 is 23.1 Å². The van der Waals surface area contributed by atoms with E-state index in [0.29, 0.717) is 5.56 Å². The molecule has 2 rings (SSSR count). The molecule has 144 valence electrons. The number of benzene rings is 2. The van der Waals surface area contributed by atoms with Crippen LogP contribution in [0.2, 0.25) is 0 Å². The number of aliphatic carboxylic acids is 1. The molecule has 0 heterocycles. The highest BCUT2D eigenvalue weighted by atomic mass is 32.2. The molecule has 0 aliphatic heterocycles. The SMILES string of the molecule is Cc1ccc(C(=O)NC(C)(C)C(=O)O)cc1S(=O)(=O)NCc1ccccc1. The molecule has 2 aromatic rings. The number of hydrogen-bond donors (Lipinski definition) is 3. The predicted molar refractivity (Wildman–Crippen MR) is 101 cm³/mol. The average molecular weight is 390 g/mol. The fourth-order valence-electron chi connectivity index (χ4n) is 2.29. The van der Waals surface area contributed by atoms with Crippen LogP contribution in [0.3, 0.4) is 0 Å². The molecular weight excluding hydrogens is 368 g/mol.